The first kappa shape index (κ1) is 16.8. The van der Waals surface area contributed by atoms with Crippen LogP contribution in [-0.2, 0) is 6.54 Å². The Morgan fingerprint density at radius 3 is 2.62 bits per heavy atom. The van der Waals surface area contributed by atoms with Crippen molar-refractivity contribution in [2.75, 3.05) is 18.0 Å². The Balaban J connectivity index is 1.66. The molecule has 1 N–H and O–H groups in total. The highest BCUT2D eigenvalue weighted by Gasteiger charge is 2.13. The Morgan fingerprint density at radius 1 is 1.12 bits per heavy atom. The molecule has 2 aromatic rings. The summed E-state index contributed by atoms with van der Waals surface area (Å²) in [5.41, 5.74) is 2.52. The van der Waals surface area contributed by atoms with Gasteiger partial charge in [-0.25, -0.2) is 0 Å². The Morgan fingerprint density at radius 2 is 1.88 bits per heavy atom. The van der Waals surface area contributed by atoms with E-state index in [1.807, 2.05) is 36.5 Å². The van der Waals surface area contributed by atoms with E-state index in [2.05, 4.69) is 15.2 Å². The van der Waals surface area contributed by atoms with Gasteiger partial charge in [0, 0.05) is 30.9 Å². The van der Waals surface area contributed by atoms with Crippen LogP contribution in [0.4, 0.5) is 5.69 Å². The highest BCUT2D eigenvalue weighted by Crippen LogP contribution is 2.20. The van der Waals surface area contributed by atoms with Crippen LogP contribution in [0, 0.1) is 0 Å². The lowest BCUT2D eigenvalue weighted by molar-refractivity contribution is 0.0950. The predicted octanol–water partition coefficient (Wildman–Crippen LogP) is 4.05. The van der Waals surface area contributed by atoms with Gasteiger partial charge in [-0.15, -0.1) is 0 Å². The van der Waals surface area contributed by atoms with Crippen LogP contribution in [0.5, 0.6) is 0 Å². The fraction of sp³-hybridized carbons (Fsp3) is 0.368. The molecule has 24 heavy (non-hydrogen) atoms. The number of amides is 1. The number of halogens is 1. The Hall–Kier alpha value is -2.07. The van der Waals surface area contributed by atoms with E-state index in [1.165, 1.54) is 25.7 Å². The molecule has 0 radical (unpaired) electrons. The summed E-state index contributed by atoms with van der Waals surface area (Å²) in [4.78, 5) is 19.0. The minimum atomic E-state index is -0.126. The van der Waals surface area contributed by atoms with Gasteiger partial charge >= 0.3 is 0 Å². The number of aromatic nitrogens is 1. The number of benzene rings is 1. The molecule has 1 amide bonds. The molecule has 1 fully saturated rings. The zero-order chi connectivity index (χ0) is 16.8. The summed E-state index contributed by atoms with van der Waals surface area (Å²) < 4.78 is 0. The molecule has 1 aliphatic rings. The SMILES string of the molecule is O=C(NCc1ccccc1Cl)c1cncc(N2CCCCCC2)c1. The van der Waals surface area contributed by atoms with Crippen LogP contribution in [0.1, 0.15) is 41.6 Å². The Bertz CT molecular complexity index is 697. The predicted molar refractivity (Wildman–Crippen MR) is 97.5 cm³/mol. The molecule has 4 nitrogen and oxygen atoms in total. The number of rotatable bonds is 4. The number of nitrogens with one attached hydrogen (secondary N) is 1. The average Bonchev–Trinajstić information content (AvgIpc) is 2.90. The van der Waals surface area contributed by atoms with Crippen LogP contribution in [-0.4, -0.2) is 24.0 Å². The summed E-state index contributed by atoms with van der Waals surface area (Å²) >= 11 is 6.13. The molecule has 2 heterocycles. The van der Waals surface area contributed by atoms with Gasteiger partial charge in [-0.05, 0) is 30.5 Å². The number of hydrogen-bond acceptors (Lipinski definition) is 3. The van der Waals surface area contributed by atoms with Crippen molar-refractivity contribution >= 4 is 23.2 Å². The van der Waals surface area contributed by atoms with Gasteiger partial charge in [0.2, 0.25) is 0 Å². The third-order valence-corrected chi connectivity index (χ3v) is 4.72. The van der Waals surface area contributed by atoms with Crippen molar-refractivity contribution in [2.24, 2.45) is 0 Å². The summed E-state index contributed by atoms with van der Waals surface area (Å²) in [6.07, 6.45) is 8.41. The number of anilines is 1. The van der Waals surface area contributed by atoms with E-state index in [9.17, 15) is 4.79 Å². The zero-order valence-electron chi connectivity index (χ0n) is 13.7. The van der Waals surface area contributed by atoms with E-state index in [0.29, 0.717) is 17.1 Å². The van der Waals surface area contributed by atoms with E-state index < -0.39 is 0 Å². The third kappa shape index (κ3) is 4.26. The monoisotopic (exact) mass is 343 g/mol. The fourth-order valence-electron chi connectivity index (χ4n) is 2.97. The second-order valence-corrected chi connectivity index (χ2v) is 6.51. The van der Waals surface area contributed by atoms with Gasteiger partial charge in [-0.3, -0.25) is 9.78 Å². The van der Waals surface area contributed by atoms with Gasteiger partial charge < -0.3 is 10.2 Å². The minimum Gasteiger partial charge on any atom is -0.370 e. The number of carbonyl (C=O) groups is 1. The molecule has 1 saturated heterocycles. The highest BCUT2D eigenvalue weighted by atomic mass is 35.5. The average molecular weight is 344 g/mol. The van der Waals surface area contributed by atoms with Crippen molar-refractivity contribution in [1.82, 2.24) is 10.3 Å². The van der Waals surface area contributed by atoms with E-state index in [-0.39, 0.29) is 5.91 Å². The van der Waals surface area contributed by atoms with Gasteiger partial charge in [-0.1, -0.05) is 42.6 Å². The third-order valence-electron chi connectivity index (χ3n) is 4.35. The minimum absolute atomic E-state index is 0.126. The molecule has 0 atom stereocenters. The van der Waals surface area contributed by atoms with Crippen LogP contribution in [0.15, 0.2) is 42.7 Å². The van der Waals surface area contributed by atoms with Crippen LogP contribution in [0.25, 0.3) is 0 Å². The zero-order valence-corrected chi connectivity index (χ0v) is 14.4. The summed E-state index contributed by atoms with van der Waals surface area (Å²) in [5, 5.41) is 3.58. The van der Waals surface area contributed by atoms with Crippen LogP contribution >= 0.6 is 11.6 Å². The van der Waals surface area contributed by atoms with E-state index >= 15 is 0 Å². The summed E-state index contributed by atoms with van der Waals surface area (Å²) in [5.74, 6) is -0.126. The van der Waals surface area contributed by atoms with Gasteiger partial charge in [-0.2, -0.15) is 0 Å². The normalized spacial score (nSPS) is 15.0. The molecule has 1 aromatic heterocycles. The van der Waals surface area contributed by atoms with E-state index in [0.717, 1.165) is 24.3 Å². The van der Waals surface area contributed by atoms with Crippen molar-refractivity contribution in [1.29, 1.82) is 0 Å². The van der Waals surface area contributed by atoms with Gasteiger partial charge in [0.1, 0.15) is 0 Å². The van der Waals surface area contributed by atoms with E-state index in [1.54, 1.807) is 6.20 Å². The Labute approximate surface area is 147 Å². The first-order valence-corrected chi connectivity index (χ1v) is 8.83. The second-order valence-electron chi connectivity index (χ2n) is 6.11. The highest BCUT2D eigenvalue weighted by molar-refractivity contribution is 6.31. The Kier molecular flexibility index (Phi) is 5.70. The van der Waals surface area contributed by atoms with Crippen molar-refractivity contribution in [3.05, 3.63) is 58.9 Å². The molecule has 5 heteroatoms. The van der Waals surface area contributed by atoms with Crippen molar-refractivity contribution in [2.45, 2.75) is 32.2 Å². The molecule has 3 rings (SSSR count). The van der Waals surface area contributed by atoms with Crippen molar-refractivity contribution in [3.63, 3.8) is 0 Å². The first-order valence-electron chi connectivity index (χ1n) is 8.45. The lowest BCUT2D eigenvalue weighted by Gasteiger charge is -2.22. The van der Waals surface area contributed by atoms with Crippen molar-refractivity contribution < 1.29 is 4.79 Å². The van der Waals surface area contributed by atoms with Crippen LogP contribution in [0.2, 0.25) is 5.02 Å². The molecule has 126 valence electrons. The summed E-state index contributed by atoms with van der Waals surface area (Å²) in [7, 11) is 0. The molecule has 0 aliphatic carbocycles. The molecule has 0 saturated carbocycles. The van der Waals surface area contributed by atoms with Crippen molar-refractivity contribution in [3.8, 4) is 0 Å². The number of pyridine rings is 1. The topological polar surface area (TPSA) is 45.2 Å². The first-order chi connectivity index (χ1) is 11.7. The smallest absolute Gasteiger partial charge is 0.253 e. The number of carbonyl (C=O) groups excluding carboxylic acids is 1. The molecule has 1 aromatic carbocycles. The maximum Gasteiger partial charge on any atom is 0.253 e. The van der Waals surface area contributed by atoms with Crippen LogP contribution < -0.4 is 10.2 Å². The van der Waals surface area contributed by atoms with Gasteiger partial charge in [0.05, 0.1) is 17.4 Å². The summed E-state index contributed by atoms with van der Waals surface area (Å²) in [6.45, 7) is 2.48. The number of hydrogen-bond donors (Lipinski definition) is 1. The lowest BCUT2D eigenvalue weighted by Crippen LogP contribution is -2.26. The molecule has 0 unspecified atom stereocenters. The molecule has 1 aliphatic heterocycles. The second kappa shape index (κ2) is 8.15. The quantitative estimate of drug-likeness (QED) is 0.911. The number of nitrogens with zero attached hydrogens (tertiary/aromatic N) is 2. The molecule has 0 spiro atoms. The van der Waals surface area contributed by atoms with Gasteiger partial charge in [0.15, 0.2) is 0 Å². The summed E-state index contributed by atoms with van der Waals surface area (Å²) in [6, 6.07) is 9.45. The fourth-order valence-corrected chi connectivity index (χ4v) is 3.18. The standard InChI is InChI=1S/C19H22ClN3O/c20-18-8-4-3-7-15(18)13-22-19(24)16-11-17(14-21-12-16)23-9-5-1-2-6-10-23/h3-4,7-8,11-12,14H,1-2,5-6,9-10,13H2,(H,22,24). The van der Waals surface area contributed by atoms with Gasteiger partial charge in [0.25, 0.3) is 5.91 Å². The maximum absolute atomic E-state index is 12.4. The van der Waals surface area contributed by atoms with E-state index in [4.69, 9.17) is 11.6 Å². The molecular weight excluding hydrogens is 322 g/mol. The molecule has 0 bridgehead atoms. The lowest BCUT2D eigenvalue weighted by atomic mass is 10.2. The molecular formula is C19H22ClN3O. The van der Waals surface area contributed by atoms with Crippen LogP contribution in [0.3, 0.4) is 0 Å². The maximum atomic E-state index is 12.4. The largest absolute Gasteiger partial charge is 0.370 e.